The first-order valence-corrected chi connectivity index (χ1v) is 13.7. The van der Waals surface area contributed by atoms with E-state index >= 15 is 0 Å². The van der Waals surface area contributed by atoms with Crippen molar-refractivity contribution in [3.05, 3.63) is 75.2 Å². The summed E-state index contributed by atoms with van der Waals surface area (Å²) in [4.78, 5) is 32.4. The number of pyridine rings is 1. The van der Waals surface area contributed by atoms with E-state index in [-0.39, 0.29) is 11.7 Å². The highest BCUT2D eigenvalue weighted by atomic mass is 16.7. The van der Waals surface area contributed by atoms with Gasteiger partial charge >= 0.3 is 6.16 Å². The summed E-state index contributed by atoms with van der Waals surface area (Å²) in [6, 6.07) is 8.92. The van der Waals surface area contributed by atoms with Crippen molar-refractivity contribution in [1.29, 1.82) is 0 Å². The molecule has 0 saturated carbocycles. The predicted molar refractivity (Wildman–Crippen MR) is 162 cm³/mol. The first-order valence-electron chi connectivity index (χ1n) is 13.7. The Kier molecular flexibility index (Phi) is 8.64. The van der Waals surface area contributed by atoms with Crippen LogP contribution in [0.25, 0.3) is 10.9 Å². The Morgan fingerprint density at radius 3 is 2.60 bits per heavy atom. The van der Waals surface area contributed by atoms with Crippen LogP contribution < -0.4 is 36.4 Å². The van der Waals surface area contributed by atoms with Crippen LogP contribution in [0, 0.1) is 17.8 Å². The molecule has 0 amide bonds. The topological polar surface area (TPSA) is 177 Å². The van der Waals surface area contributed by atoms with E-state index in [4.69, 9.17) is 25.7 Å². The van der Waals surface area contributed by atoms with Crippen molar-refractivity contribution in [2.75, 3.05) is 38.8 Å². The van der Waals surface area contributed by atoms with Crippen LogP contribution in [0.5, 0.6) is 17.2 Å². The van der Waals surface area contributed by atoms with Crippen molar-refractivity contribution in [2.45, 2.75) is 25.8 Å². The van der Waals surface area contributed by atoms with E-state index in [0.29, 0.717) is 63.8 Å². The third kappa shape index (κ3) is 6.63. The quantitative estimate of drug-likeness (QED) is 0.185. The highest BCUT2D eigenvalue weighted by molar-refractivity contribution is 5.82. The number of nitrogens with zero attached hydrogens (tertiary/aromatic N) is 3. The van der Waals surface area contributed by atoms with Crippen LogP contribution in [-0.4, -0.2) is 53.1 Å². The molecule has 222 valence electrons. The molecule has 0 spiro atoms. The summed E-state index contributed by atoms with van der Waals surface area (Å²) in [6.07, 6.45) is 3.88. The summed E-state index contributed by atoms with van der Waals surface area (Å²) in [5.74, 6) is 7.86. The largest absolute Gasteiger partial charge is 0.511 e. The molecular weight excluding hydrogens is 552 g/mol. The molecule has 5 rings (SSSR count). The number of fused-ring (bicyclic) bond motifs is 1. The lowest BCUT2D eigenvalue weighted by Gasteiger charge is -2.24. The van der Waals surface area contributed by atoms with E-state index in [1.165, 1.54) is 6.20 Å². The SMILES string of the molecule is COc1cc(Cc2cnc(N)nc2N)cc(C#Cc2ccc3c(=O)c(OC(=O)O)cn(CC4CCNCC4)c3c2)c1OC. The second-order valence-corrected chi connectivity index (χ2v) is 10.2. The van der Waals surface area contributed by atoms with E-state index in [0.717, 1.165) is 31.5 Å². The molecule has 2 aromatic heterocycles. The number of nitrogens with one attached hydrogen (secondary N) is 1. The van der Waals surface area contributed by atoms with Crippen LogP contribution >= 0.6 is 0 Å². The van der Waals surface area contributed by atoms with Crippen molar-refractivity contribution >= 4 is 28.8 Å². The smallest absolute Gasteiger partial charge is 0.493 e. The van der Waals surface area contributed by atoms with E-state index in [1.54, 1.807) is 32.5 Å². The molecule has 6 N–H and O–H groups in total. The second-order valence-electron chi connectivity index (χ2n) is 10.2. The number of aromatic nitrogens is 3. The maximum Gasteiger partial charge on any atom is 0.511 e. The zero-order valence-corrected chi connectivity index (χ0v) is 23.8. The maximum absolute atomic E-state index is 13.1. The number of piperidine rings is 1. The van der Waals surface area contributed by atoms with Crippen LogP contribution in [-0.2, 0) is 13.0 Å². The lowest BCUT2D eigenvalue weighted by Crippen LogP contribution is -2.30. The zero-order valence-electron chi connectivity index (χ0n) is 23.8. The van der Waals surface area contributed by atoms with Gasteiger partial charge in [-0.3, -0.25) is 4.79 Å². The molecule has 0 atom stereocenters. The molecule has 0 bridgehead atoms. The summed E-state index contributed by atoms with van der Waals surface area (Å²) < 4.78 is 17.9. The lowest BCUT2D eigenvalue weighted by molar-refractivity contribution is 0.143. The van der Waals surface area contributed by atoms with Crippen LogP contribution in [0.2, 0.25) is 0 Å². The number of nitrogens with two attached hydrogens (primary N) is 2. The number of rotatable bonds is 7. The first-order chi connectivity index (χ1) is 20.7. The molecule has 12 heteroatoms. The highest BCUT2D eigenvalue weighted by Crippen LogP contribution is 2.33. The number of carboxylic acid groups (broad SMARTS) is 1. The van der Waals surface area contributed by atoms with Crippen molar-refractivity contribution in [2.24, 2.45) is 5.92 Å². The number of ether oxygens (including phenoxy) is 3. The minimum atomic E-state index is -1.54. The van der Waals surface area contributed by atoms with E-state index in [9.17, 15) is 14.7 Å². The minimum Gasteiger partial charge on any atom is -0.493 e. The predicted octanol–water partition coefficient (Wildman–Crippen LogP) is 3.02. The fourth-order valence-corrected chi connectivity index (χ4v) is 5.25. The third-order valence-corrected chi connectivity index (χ3v) is 7.35. The third-order valence-electron chi connectivity index (χ3n) is 7.35. The van der Waals surface area contributed by atoms with Crippen molar-refractivity contribution in [3.8, 4) is 29.1 Å². The fraction of sp³-hybridized carbons (Fsp3) is 0.290. The van der Waals surface area contributed by atoms with E-state index < -0.39 is 11.6 Å². The summed E-state index contributed by atoms with van der Waals surface area (Å²) in [5, 5.41) is 12.9. The first kappa shape index (κ1) is 29.2. The number of nitrogen functional groups attached to an aromatic ring is 2. The standard InChI is InChI=1S/C31H32N6O6/c1-41-25-14-20(12-22-15-35-30(33)36-29(22)32)11-21(28(25)42-2)5-3-18-4-6-23-24(13-18)37(16-19-7-9-34-10-8-19)17-26(27(23)38)43-31(39)40/h4,6,11,13-15,17,19,34H,7-10,12,16H2,1-2H3,(H,39,40)(H4,32,33,35,36). The average Bonchev–Trinajstić information content (AvgIpc) is 2.99. The molecule has 3 heterocycles. The monoisotopic (exact) mass is 584 g/mol. The fourth-order valence-electron chi connectivity index (χ4n) is 5.25. The number of hydrogen-bond donors (Lipinski definition) is 4. The Morgan fingerprint density at radius 1 is 1.12 bits per heavy atom. The summed E-state index contributed by atoms with van der Waals surface area (Å²) in [5.41, 5.74) is 14.6. The number of hydrogen-bond acceptors (Lipinski definition) is 10. The number of anilines is 2. The number of carbonyl (C=O) groups is 1. The molecule has 1 fully saturated rings. The van der Waals surface area contributed by atoms with Gasteiger partial charge in [-0.15, -0.1) is 0 Å². The van der Waals surface area contributed by atoms with Gasteiger partial charge in [-0.1, -0.05) is 11.8 Å². The van der Waals surface area contributed by atoms with E-state index in [2.05, 4.69) is 27.1 Å². The van der Waals surface area contributed by atoms with Gasteiger partial charge in [0.05, 0.1) is 31.5 Å². The number of benzene rings is 2. The van der Waals surface area contributed by atoms with Gasteiger partial charge in [-0.2, -0.15) is 4.98 Å². The molecule has 43 heavy (non-hydrogen) atoms. The Labute approximate surface area is 247 Å². The van der Waals surface area contributed by atoms with Gasteiger partial charge in [-0.05, 0) is 67.7 Å². The van der Waals surface area contributed by atoms with Gasteiger partial charge in [-0.25, -0.2) is 9.78 Å². The van der Waals surface area contributed by atoms with Gasteiger partial charge in [0.25, 0.3) is 0 Å². The Hall–Kier alpha value is -5.28. The van der Waals surface area contributed by atoms with Gasteiger partial charge in [0.15, 0.2) is 17.2 Å². The van der Waals surface area contributed by atoms with Crippen molar-refractivity contribution in [1.82, 2.24) is 19.9 Å². The normalized spacial score (nSPS) is 13.3. The van der Waals surface area contributed by atoms with Crippen LogP contribution in [0.3, 0.4) is 0 Å². The van der Waals surface area contributed by atoms with E-state index in [1.807, 2.05) is 22.8 Å². The highest BCUT2D eigenvalue weighted by Gasteiger charge is 2.18. The van der Waals surface area contributed by atoms with Crippen LogP contribution in [0.4, 0.5) is 16.6 Å². The molecule has 1 aliphatic heterocycles. The zero-order chi connectivity index (χ0) is 30.5. The average molecular weight is 585 g/mol. The molecule has 12 nitrogen and oxygen atoms in total. The molecule has 1 saturated heterocycles. The van der Waals surface area contributed by atoms with Gasteiger partial charge in [0, 0.05) is 35.7 Å². The molecule has 2 aromatic carbocycles. The molecule has 4 aromatic rings. The van der Waals surface area contributed by atoms with Gasteiger partial charge in [0.2, 0.25) is 11.4 Å². The summed E-state index contributed by atoms with van der Waals surface area (Å²) in [6.45, 7) is 2.41. The van der Waals surface area contributed by atoms with Crippen LogP contribution in [0.15, 0.2) is 47.5 Å². The molecule has 0 radical (unpaired) electrons. The lowest BCUT2D eigenvalue weighted by atomic mass is 9.97. The van der Waals surface area contributed by atoms with Gasteiger partial charge in [0.1, 0.15) is 5.82 Å². The summed E-state index contributed by atoms with van der Waals surface area (Å²) in [7, 11) is 3.09. The van der Waals surface area contributed by atoms with Crippen molar-refractivity contribution in [3.63, 3.8) is 0 Å². The molecule has 0 aliphatic carbocycles. The molecule has 0 unspecified atom stereocenters. The Balaban J connectivity index is 1.55. The molecular formula is C31H32N6O6. The summed E-state index contributed by atoms with van der Waals surface area (Å²) >= 11 is 0. The van der Waals surface area contributed by atoms with Crippen LogP contribution in [0.1, 0.15) is 35.1 Å². The second kappa shape index (κ2) is 12.7. The maximum atomic E-state index is 13.1. The number of methoxy groups -OCH3 is 2. The Bertz CT molecular complexity index is 1800. The molecule has 1 aliphatic rings. The Morgan fingerprint density at radius 2 is 1.91 bits per heavy atom. The minimum absolute atomic E-state index is 0.0994. The van der Waals surface area contributed by atoms with Gasteiger partial charge < -0.3 is 40.7 Å². The van der Waals surface area contributed by atoms with Crippen molar-refractivity contribution < 1.29 is 24.1 Å².